The monoisotopic (exact) mass is 267 g/mol. The van der Waals surface area contributed by atoms with E-state index in [0.29, 0.717) is 6.54 Å². The maximum atomic E-state index is 11.2. The van der Waals surface area contributed by atoms with Crippen LogP contribution >= 0.6 is 0 Å². The number of pyridine rings is 1. The number of hydrogen-bond acceptors (Lipinski definition) is 6. The average molecular weight is 267 g/mol. The van der Waals surface area contributed by atoms with Gasteiger partial charge in [0.15, 0.2) is 14.9 Å². The van der Waals surface area contributed by atoms with Crippen LogP contribution in [0.1, 0.15) is 5.69 Å². The maximum Gasteiger partial charge on any atom is 0.192 e. The first-order valence-electron chi connectivity index (χ1n) is 5.20. The molecule has 0 spiro atoms. The van der Waals surface area contributed by atoms with E-state index in [1.165, 1.54) is 12.3 Å². The Kier molecular flexibility index (Phi) is 3.28. The minimum absolute atomic E-state index is 0.0625. The van der Waals surface area contributed by atoms with Crippen LogP contribution in [0.3, 0.4) is 0 Å². The van der Waals surface area contributed by atoms with Gasteiger partial charge in [0.05, 0.1) is 18.4 Å². The van der Waals surface area contributed by atoms with Gasteiger partial charge in [-0.3, -0.25) is 4.68 Å². The topological polar surface area (TPSA) is 89.8 Å². The summed E-state index contributed by atoms with van der Waals surface area (Å²) < 4.78 is 24.1. The zero-order chi connectivity index (χ0) is 13.2. The van der Waals surface area contributed by atoms with Crippen LogP contribution in [0.5, 0.6) is 0 Å². The van der Waals surface area contributed by atoms with E-state index in [1.54, 1.807) is 24.0 Å². The normalized spacial score (nSPS) is 11.4. The molecule has 2 heterocycles. The molecule has 0 aromatic carbocycles. The zero-order valence-electron chi connectivity index (χ0n) is 10.0. The van der Waals surface area contributed by atoms with Crippen LogP contribution in [0.4, 0.5) is 5.69 Å². The molecule has 1 N–H and O–H groups in total. The van der Waals surface area contributed by atoms with Crippen molar-refractivity contribution in [3.05, 3.63) is 30.2 Å². The fourth-order valence-corrected chi connectivity index (χ4v) is 1.93. The lowest BCUT2D eigenvalue weighted by molar-refractivity contribution is 0.598. The summed E-state index contributed by atoms with van der Waals surface area (Å²) in [7, 11) is -1.46. The van der Waals surface area contributed by atoms with Crippen molar-refractivity contribution in [2.45, 2.75) is 11.6 Å². The van der Waals surface area contributed by atoms with Gasteiger partial charge in [0.25, 0.3) is 0 Å². The minimum Gasteiger partial charge on any atom is -0.378 e. The predicted octanol–water partition coefficient (Wildman–Crippen LogP) is 0.226. The predicted molar refractivity (Wildman–Crippen MR) is 65.7 cm³/mol. The summed E-state index contributed by atoms with van der Waals surface area (Å²) in [6, 6.07) is 3.13. The molecular weight excluding hydrogens is 254 g/mol. The highest BCUT2D eigenvalue weighted by atomic mass is 32.2. The fraction of sp³-hybridized carbons (Fsp3) is 0.300. The minimum atomic E-state index is -3.25. The Balaban J connectivity index is 2.03. The number of nitrogens with zero attached hydrogens (tertiary/aromatic N) is 4. The van der Waals surface area contributed by atoms with Gasteiger partial charge in [-0.1, -0.05) is 5.21 Å². The van der Waals surface area contributed by atoms with Gasteiger partial charge < -0.3 is 5.32 Å². The molecule has 18 heavy (non-hydrogen) atoms. The van der Waals surface area contributed by atoms with Gasteiger partial charge in [0.2, 0.25) is 0 Å². The lowest BCUT2D eigenvalue weighted by atomic mass is 10.4. The number of aryl methyl sites for hydroxylation is 1. The molecular formula is C10H13N5O2S. The van der Waals surface area contributed by atoms with E-state index in [-0.39, 0.29) is 5.03 Å². The summed E-state index contributed by atoms with van der Waals surface area (Å²) in [6.07, 6.45) is 4.40. The van der Waals surface area contributed by atoms with Crippen LogP contribution < -0.4 is 5.32 Å². The Hall–Kier alpha value is -1.96. The summed E-state index contributed by atoms with van der Waals surface area (Å²) in [4.78, 5) is 3.88. The molecule has 0 unspecified atom stereocenters. The summed E-state index contributed by atoms with van der Waals surface area (Å²) in [6.45, 7) is 0.508. The molecule has 0 aliphatic carbocycles. The lowest BCUT2D eigenvalue weighted by Gasteiger charge is -2.04. The Morgan fingerprint density at radius 2 is 2.17 bits per heavy atom. The Morgan fingerprint density at radius 3 is 2.67 bits per heavy atom. The van der Waals surface area contributed by atoms with Gasteiger partial charge in [-0.2, -0.15) is 0 Å². The van der Waals surface area contributed by atoms with E-state index < -0.39 is 9.84 Å². The summed E-state index contributed by atoms with van der Waals surface area (Å²) >= 11 is 0. The molecule has 0 aliphatic heterocycles. The van der Waals surface area contributed by atoms with Crippen LogP contribution in [0.25, 0.3) is 0 Å². The molecule has 0 radical (unpaired) electrons. The third-order valence-electron chi connectivity index (χ3n) is 2.24. The fourth-order valence-electron chi connectivity index (χ4n) is 1.37. The molecule has 8 heteroatoms. The van der Waals surface area contributed by atoms with Crippen molar-refractivity contribution < 1.29 is 8.42 Å². The van der Waals surface area contributed by atoms with Crippen LogP contribution in [-0.4, -0.2) is 34.7 Å². The Bertz CT molecular complexity index is 633. The van der Waals surface area contributed by atoms with Crippen molar-refractivity contribution in [3.8, 4) is 0 Å². The van der Waals surface area contributed by atoms with E-state index >= 15 is 0 Å². The first-order chi connectivity index (χ1) is 8.45. The molecule has 0 saturated heterocycles. The van der Waals surface area contributed by atoms with Crippen molar-refractivity contribution in [1.82, 2.24) is 20.0 Å². The molecule has 0 amide bonds. The zero-order valence-corrected chi connectivity index (χ0v) is 10.8. The maximum absolute atomic E-state index is 11.2. The first kappa shape index (κ1) is 12.5. The van der Waals surface area contributed by atoms with Crippen molar-refractivity contribution >= 4 is 15.5 Å². The second-order valence-electron chi connectivity index (χ2n) is 3.89. The van der Waals surface area contributed by atoms with Crippen molar-refractivity contribution in [1.29, 1.82) is 0 Å². The molecule has 0 aliphatic rings. The summed E-state index contributed by atoms with van der Waals surface area (Å²) in [5.41, 5.74) is 1.53. The highest BCUT2D eigenvalue weighted by molar-refractivity contribution is 7.90. The van der Waals surface area contributed by atoms with Crippen LogP contribution in [0.2, 0.25) is 0 Å². The Labute approximate surface area is 105 Å². The number of rotatable bonds is 4. The second kappa shape index (κ2) is 4.73. The van der Waals surface area contributed by atoms with Gasteiger partial charge in [0.1, 0.15) is 5.69 Å². The van der Waals surface area contributed by atoms with E-state index in [9.17, 15) is 8.42 Å². The number of sulfone groups is 1. The molecule has 0 fully saturated rings. The van der Waals surface area contributed by atoms with Gasteiger partial charge in [-0.05, 0) is 12.1 Å². The SMILES string of the molecule is Cn1cc(CNc2ccc(S(C)(=O)=O)nc2)nn1. The first-order valence-corrected chi connectivity index (χ1v) is 7.09. The van der Waals surface area contributed by atoms with Crippen molar-refractivity contribution in [2.75, 3.05) is 11.6 Å². The van der Waals surface area contributed by atoms with Crippen LogP contribution in [-0.2, 0) is 23.4 Å². The molecule has 2 rings (SSSR count). The third-order valence-corrected chi connectivity index (χ3v) is 3.24. The quantitative estimate of drug-likeness (QED) is 0.852. The molecule has 2 aromatic heterocycles. The highest BCUT2D eigenvalue weighted by Gasteiger charge is 2.07. The third kappa shape index (κ3) is 3.04. The number of aromatic nitrogens is 4. The van der Waals surface area contributed by atoms with Crippen molar-refractivity contribution in [3.63, 3.8) is 0 Å². The van der Waals surface area contributed by atoms with Gasteiger partial charge in [0, 0.05) is 19.5 Å². The van der Waals surface area contributed by atoms with E-state index in [0.717, 1.165) is 17.6 Å². The number of anilines is 1. The Morgan fingerprint density at radius 1 is 1.39 bits per heavy atom. The smallest absolute Gasteiger partial charge is 0.192 e. The van der Waals surface area contributed by atoms with Crippen molar-refractivity contribution in [2.24, 2.45) is 7.05 Å². The second-order valence-corrected chi connectivity index (χ2v) is 5.86. The summed E-state index contributed by atoms with van der Waals surface area (Å²) in [5.74, 6) is 0. The molecule has 0 bridgehead atoms. The lowest BCUT2D eigenvalue weighted by Crippen LogP contribution is -2.03. The van der Waals surface area contributed by atoms with E-state index in [2.05, 4.69) is 20.6 Å². The van der Waals surface area contributed by atoms with E-state index in [4.69, 9.17) is 0 Å². The van der Waals surface area contributed by atoms with Gasteiger partial charge >= 0.3 is 0 Å². The van der Waals surface area contributed by atoms with Gasteiger partial charge in [-0.25, -0.2) is 13.4 Å². The number of nitrogens with one attached hydrogen (secondary N) is 1. The molecule has 96 valence electrons. The standard InChI is InChI=1S/C10H13N5O2S/c1-15-7-9(13-14-15)6-11-8-3-4-10(12-5-8)18(2,16)17/h3-5,7,11H,6H2,1-2H3. The van der Waals surface area contributed by atoms with E-state index in [1.807, 2.05) is 0 Å². The van der Waals surface area contributed by atoms with Gasteiger partial charge in [-0.15, -0.1) is 5.10 Å². The molecule has 0 saturated carbocycles. The molecule has 0 atom stereocenters. The summed E-state index contributed by atoms with van der Waals surface area (Å²) in [5, 5.41) is 10.9. The molecule has 2 aromatic rings. The van der Waals surface area contributed by atoms with Crippen LogP contribution in [0.15, 0.2) is 29.6 Å². The van der Waals surface area contributed by atoms with Crippen LogP contribution in [0, 0.1) is 0 Å². The molecule has 7 nitrogen and oxygen atoms in total. The number of hydrogen-bond donors (Lipinski definition) is 1. The largest absolute Gasteiger partial charge is 0.378 e. The highest BCUT2D eigenvalue weighted by Crippen LogP contribution is 2.10. The average Bonchev–Trinajstić information content (AvgIpc) is 2.72.